The number of carbonyl (C=O) groups excluding carboxylic acids is 3. The lowest BCUT2D eigenvalue weighted by Gasteiger charge is -2.28. The van der Waals surface area contributed by atoms with Crippen molar-refractivity contribution in [2.75, 3.05) is 6.61 Å². The molecule has 0 heterocycles. The van der Waals surface area contributed by atoms with Gasteiger partial charge in [-0.1, -0.05) is 73.8 Å². The normalized spacial score (nSPS) is 15.8. The zero-order chi connectivity index (χ0) is 29.7. The summed E-state index contributed by atoms with van der Waals surface area (Å²) in [4.78, 5) is 49.7. The van der Waals surface area contributed by atoms with Gasteiger partial charge in [0.05, 0.1) is 24.4 Å². The average molecular weight is 550 g/mol. The predicted octanol–water partition coefficient (Wildman–Crippen LogP) is 5.48. The molecule has 0 bridgehead atoms. The van der Waals surface area contributed by atoms with Crippen LogP contribution in [0.4, 0.5) is 0 Å². The number of nitrogens with two attached hydrogens (primary N) is 1. The monoisotopic (exact) mass is 549 g/mol. The molecule has 1 aromatic carbocycles. The molecule has 0 saturated heterocycles. The molecule has 6 atom stereocenters. The highest BCUT2D eigenvalue weighted by Crippen LogP contribution is 2.36. The Morgan fingerprint density at radius 2 is 1.23 bits per heavy atom. The summed E-state index contributed by atoms with van der Waals surface area (Å²) in [5, 5.41) is 9.74. The van der Waals surface area contributed by atoms with Gasteiger partial charge in [0.2, 0.25) is 0 Å². The summed E-state index contributed by atoms with van der Waals surface area (Å²) in [6.07, 6.45) is 4.38. The molecule has 9 nitrogen and oxygen atoms in total. The van der Waals surface area contributed by atoms with Gasteiger partial charge in [0.25, 0.3) is 0 Å². The van der Waals surface area contributed by atoms with Crippen molar-refractivity contribution in [1.29, 1.82) is 0 Å². The van der Waals surface area contributed by atoms with Crippen molar-refractivity contribution in [3.05, 3.63) is 23.8 Å². The van der Waals surface area contributed by atoms with E-state index < -0.39 is 35.8 Å². The smallest absolute Gasteiger partial charge is 0.321 e. The number of carboxylic acid groups (broad SMARTS) is 1. The standard InChI is InChI=1S/C30H47NO8/c1-8-11-18(4)28(34)37-17-21(7)25(26(31)27(32)33)22-14-15-23(38-29(35)19(5)12-9-2)24(16-22)39-30(36)20(6)13-10-3/h14-16,18-21,25-26H,8-13,17,31H2,1-7H3,(H,32,33)/t18?,19?,20?,21?,25?,26-/m0/s1. The highest BCUT2D eigenvalue weighted by atomic mass is 16.6. The van der Waals surface area contributed by atoms with Crippen LogP contribution in [-0.2, 0) is 23.9 Å². The minimum Gasteiger partial charge on any atom is -0.480 e. The van der Waals surface area contributed by atoms with Crippen molar-refractivity contribution in [1.82, 2.24) is 0 Å². The van der Waals surface area contributed by atoms with Crippen LogP contribution in [0, 0.1) is 23.7 Å². The Balaban J connectivity index is 3.40. The number of carbonyl (C=O) groups is 4. The van der Waals surface area contributed by atoms with Gasteiger partial charge in [-0.05, 0) is 42.9 Å². The summed E-state index contributed by atoms with van der Waals surface area (Å²) in [6.45, 7) is 12.9. The molecule has 1 aromatic rings. The van der Waals surface area contributed by atoms with Crippen LogP contribution in [0.3, 0.4) is 0 Å². The Hall–Kier alpha value is -2.94. The minimum absolute atomic E-state index is 0.0147. The van der Waals surface area contributed by atoms with Crippen molar-refractivity contribution in [3.8, 4) is 11.5 Å². The van der Waals surface area contributed by atoms with E-state index in [2.05, 4.69) is 0 Å². The molecule has 0 aliphatic rings. The van der Waals surface area contributed by atoms with Crippen molar-refractivity contribution in [3.63, 3.8) is 0 Å². The molecular weight excluding hydrogens is 502 g/mol. The Kier molecular flexibility index (Phi) is 14.8. The number of rotatable bonds is 17. The first-order valence-electron chi connectivity index (χ1n) is 14.1. The van der Waals surface area contributed by atoms with Gasteiger partial charge < -0.3 is 25.1 Å². The van der Waals surface area contributed by atoms with Crippen LogP contribution < -0.4 is 15.2 Å². The van der Waals surface area contributed by atoms with E-state index in [4.69, 9.17) is 19.9 Å². The largest absolute Gasteiger partial charge is 0.480 e. The number of ether oxygens (including phenoxy) is 3. The lowest BCUT2D eigenvalue weighted by atomic mass is 9.82. The summed E-state index contributed by atoms with van der Waals surface area (Å²) in [6, 6.07) is 3.26. The van der Waals surface area contributed by atoms with Gasteiger partial charge in [0.15, 0.2) is 11.5 Å². The fraction of sp³-hybridized carbons (Fsp3) is 0.667. The topological polar surface area (TPSA) is 142 Å². The first-order valence-corrected chi connectivity index (χ1v) is 14.1. The summed E-state index contributed by atoms with van der Waals surface area (Å²) >= 11 is 0. The number of hydrogen-bond donors (Lipinski definition) is 2. The first kappa shape index (κ1) is 34.1. The van der Waals surface area contributed by atoms with E-state index in [9.17, 15) is 24.3 Å². The highest BCUT2D eigenvalue weighted by Gasteiger charge is 2.33. The molecule has 0 aromatic heterocycles. The molecule has 0 spiro atoms. The second-order valence-corrected chi connectivity index (χ2v) is 10.6. The maximum absolute atomic E-state index is 12.8. The minimum atomic E-state index is -1.33. The fourth-order valence-electron chi connectivity index (χ4n) is 4.47. The third-order valence-corrected chi connectivity index (χ3v) is 6.92. The molecule has 1 rings (SSSR count). The van der Waals surface area contributed by atoms with Gasteiger partial charge in [0.1, 0.15) is 6.04 Å². The van der Waals surface area contributed by atoms with E-state index in [-0.39, 0.29) is 41.8 Å². The molecule has 0 saturated carbocycles. The van der Waals surface area contributed by atoms with Gasteiger partial charge in [-0.25, -0.2) is 0 Å². The lowest BCUT2D eigenvalue weighted by molar-refractivity contribution is -0.150. The summed E-state index contributed by atoms with van der Waals surface area (Å²) in [7, 11) is 0. The molecule has 0 radical (unpaired) electrons. The predicted molar refractivity (Wildman–Crippen MR) is 148 cm³/mol. The Labute approximate surface area is 232 Å². The quantitative estimate of drug-likeness (QED) is 0.191. The van der Waals surface area contributed by atoms with Crippen molar-refractivity contribution < 1.29 is 38.5 Å². The zero-order valence-corrected chi connectivity index (χ0v) is 24.5. The molecule has 0 aliphatic carbocycles. The summed E-state index contributed by atoms with van der Waals surface area (Å²) in [5.74, 6) is -4.71. The average Bonchev–Trinajstić information content (AvgIpc) is 2.88. The number of carboxylic acids is 1. The number of esters is 3. The first-order chi connectivity index (χ1) is 18.4. The Bertz CT molecular complexity index is 962. The van der Waals surface area contributed by atoms with E-state index in [1.54, 1.807) is 33.8 Å². The third-order valence-electron chi connectivity index (χ3n) is 6.92. The van der Waals surface area contributed by atoms with Crippen LogP contribution in [0.25, 0.3) is 0 Å². The second kappa shape index (κ2) is 16.9. The summed E-state index contributed by atoms with van der Waals surface area (Å²) in [5.41, 5.74) is 6.57. The SMILES string of the molecule is CCCC(C)C(=O)OCC(C)C(c1ccc(OC(=O)C(C)CCC)c(OC(=O)C(C)CCC)c1)[C@H](N)C(=O)O. The molecule has 0 amide bonds. The van der Waals surface area contributed by atoms with E-state index in [0.717, 1.165) is 19.3 Å². The Morgan fingerprint density at radius 3 is 1.69 bits per heavy atom. The maximum Gasteiger partial charge on any atom is 0.321 e. The third kappa shape index (κ3) is 10.6. The van der Waals surface area contributed by atoms with Gasteiger partial charge in [-0.3, -0.25) is 19.2 Å². The van der Waals surface area contributed by atoms with Crippen LogP contribution in [0.1, 0.15) is 98.5 Å². The molecular formula is C30H47NO8. The van der Waals surface area contributed by atoms with Crippen LogP contribution in [0.15, 0.2) is 18.2 Å². The second-order valence-electron chi connectivity index (χ2n) is 10.6. The van der Waals surface area contributed by atoms with Gasteiger partial charge in [-0.15, -0.1) is 0 Å². The van der Waals surface area contributed by atoms with Gasteiger partial charge in [-0.2, -0.15) is 0 Å². The zero-order valence-electron chi connectivity index (χ0n) is 24.5. The molecule has 9 heteroatoms. The van der Waals surface area contributed by atoms with Crippen molar-refractivity contribution >= 4 is 23.9 Å². The van der Waals surface area contributed by atoms with Crippen LogP contribution >= 0.6 is 0 Å². The van der Waals surface area contributed by atoms with E-state index >= 15 is 0 Å². The van der Waals surface area contributed by atoms with Crippen LogP contribution in [-0.4, -0.2) is 41.6 Å². The van der Waals surface area contributed by atoms with Crippen molar-refractivity contribution in [2.45, 2.75) is 99.0 Å². The molecule has 0 fully saturated rings. The molecule has 39 heavy (non-hydrogen) atoms. The van der Waals surface area contributed by atoms with E-state index in [1.807, 2.05) is 20.8 Å². The van der Waals surface area contributed by atoms with Crippen LogP contribution in [0.2, 0.25) is 0 Å². The van der Waals surface area contributed by atoms with Crippen molar-refractivity contribution in [2.24, 2.45) is 29.4 Å². The molecule has 5 unspecified atom stereocenters. The van der Waals surface area contributed by atoms with E-state index in [0.29, 0.717) is 24.8 Å². The van der Waals surface area contributed by atoms with Crippen LogP contribution in [0.5, 0.6) is 11.5 Å². The van der Waals surface area contributed by atoms with Gasteiger partial charge in [0, 0.05) is 5.92 Å². The molecule has 220 valence electrons. The molecule has 3 N–H and O–H groups in total. The van der Waals surface area contributed by atoms with Gasteiger partial charge >= 0.3 is 23.9 Å². The van der Waals surface area contributed by atoms with E-state index in [1.165, 1.54) is 12.1 Å². The lowest BCUT2D eigenvalue weighted by Crippen LogP contribution is -2.41. The highest BCUT2D eigenvalue weighted by molar-refractivity contribution is 5.79. The summed E-state index contributed by atoms with van der Waals surface area (Å²) < 4.78 is 16.8. The Morgan fingerprint density at radius 1 is 0.769 bits per heavy atom. The maximum atomic E-state index is 12.8. The number of benzene rings is 1. The fourth-order valence-corrected chi connectivity index (χ4v) is 4.47. The number of hydrogen-bond acceptors (Lipinski definition) is 8. The molecule has 0 aliphatic heterocycles. The number of aliphatic carboxylic acids is 1.